The Morgan fingerprint density at radius 3 is 2.87 bits per heavy atom. The summed E-state index contributed by atoms with van der Waals surface area (Å²) in [5.74, 6) is 0.146. The van der Waals surface area contributed by atoms with Crippen LogP contribution in [0.2, 0.25) is 0 Å². The van der Waals surface area contributed by atoms with E-state index < -0.39 is 10.0 Å². The maximum Gasteiger partial charge on any atom is 0.211 e. The van der Waals surface area contributed by atoms with Gasteiger partial charge in [-0.3, -0.25) is 0 Å². The number of nitrogens with one attached hydrogen (secondary N) is 1. The van der Waals surface area contributed by atoms with Crippen LogP contribution in [0.25, 0.3) is 0 Å². The molecule has 15 heavy (non-hydrogen) atoms. The van der Waals surface area contributed by atoms with Gasteiger partial charge in [-0.1, -0.05) is 6.08 Å². The van der Waals surface area contributed by atoms with Crippen molar-refractivity contribution in [3.05, 3.63) is 12.7 Å². The third-order valence-corrected chi connectivity index (χ3v) is 4.18. The van der Waals surface area contributed by atoms with Crippen LogP contribution in [0.5, 0.6) is 0 Å². The highest BCUT2D eigenvalue weighted by Crippen LogP contribution is 2.13. The van der Waals surface area contributed by atoms with E-state index in [0.29, 0.717) is 19.0 Å². The van der Waals surface area contributed by atoms with E-state index in [4.69, 9.17) is 0 Å². The van der Waals surface area contributed by atoms with Gasteiger partial charge in [0.25, 0.3) is 0 Å². The van der Waals surface area contributed by atoms with Gasteiger partial charge in [0.05, 0.1) is 5.75 Å². The van der Waals surface area contributed by atoms with Crippen LogP contribution in [0.15, 0.2) is 12.7 Å². The fraction of sp³-hybridized carbons (Fsp3) is 0.800. The van der Waals surface area contributed by atoms with E-state index in [1.807, 2.05) is 7.05 Å². The van der Waals surface area contributed by atoms with Gasteiger partial charge in [0, 0.05) is 12.6 Å². The number of hydrogen-bond donors (Lipinski definition) is 1. The quantitative estimate of drug-likeness (QED) is 0.681. The van der Waals surface area contributed by atoms with Crippen molar-refractivity contribution in [2.75, 3.05) is 25.9 Å². The Bertz CT molecular complexity index is 301. The minimum Gasteiger partial charge on any atom is -0.302 e. The molecule has 1 fully saturated rings. The van der Waals surface area contributed by atoms with Crippen molar-refractivity contribution in [3.8, 4) is 0 Å². The molecule has 0 bridgehead atoms. The molecule has 1 aliphatic heterocycles. The van der Waals surface area contributed by atoms with Gasteiger partial charge in [-0.2, -0.15) is 0 Å². The van der Waals surface area contributed by atoms with E-state index in [-0.39, 0.29) is 5.75 Å². The van der Waals surface area contributed by atoms with Crippen LogP contribution in [-0.2, 0) is 10.0 Å². The summed E-state index contributed by atoms with van der Waals surface area (Å²) in [7, 11) is -1.07. The van der Waals surface area contributed by atoms with Crippen molar-refractivity contribution >= 4 is 10.0 Å². The number of hydrogen-bond acceptors (Lipinski definition) is 3. The number of likely N-dealkylation sites (tertiary alicyclic amines) is 1. The third kappa shape index (κ3) is 4.32. The molecule has 1 atom stereocenters. The molecule has 5 heteroatoms. The molecule has 1 aliphatic rings. The summed E-state index contributed by atoms with van der Waals surface area (Å²) >= 11 is 0. The standard InChI is InChI=1S/C10H20N2O2S/c1-3-4-8-15(13,14)11-9-10-6-5-7-12(10)2/h3,10-11H,1,4-9H2,2H3. The van der Waals surface area contributed by atoms with Crippen molar-refractivity contribution in [2.45, 2.75) is 25.3 Å². The molecule has 0 saturated carbocycles. The van der Waals surface area contributed by atoms with Crippen molar-refractivity contribution in [1.29, 1.82) is 0 Å². The van der Waals surface area contributed by atoms with E-state index in [0.717, 1.165) is 19.4 Å². The number of rotatable bonds is 6. The number of likely N-dealkylation sites (N-methyl/N-ethyl adjacent to an activating group) is 1. The number of allylic oxidation sites excluding steroid dienone is 1. The highest BCUT2D eigenvalue weighted by atomic mass is 32.2. The zero-order chi connectivity index (χ0) is 11.3. The van der Waals surface area contributed by atoms with Crippen molar-refractivity contribution < 1.29 is 8.42 Å². The maximum atomic E-state index is 11.5. The first-order valence-electron chi connectivity index (χ1n) is 5.33. The van der Waals surface area contributed by atoms with Gasteiger partial charge in [-0.15, -0.1) is 6.58 Å². The van der Waals surface area contributed by atoms with Crippen LogP contribution < -0.4 is 4.72 Å². The zero-order valence-corrected chi connectivity index (χ0v) is 10.1. The molecule has 0 amide bonds. The van der Waals surface area contributed by atoms with E-state index in [1.54, 1.807) is 6.08 Å². The van der Waals surface area contributed by atoms with Gasteiger partial charge >= 0.3 is 0 Å². The van der Waals surface area contributed by atoms with Crippen molar-refractivity contribution in [2.24, 2.45) is 0 Å². The molecule has 0 spiro atoms. The molecule has 0 aromatic carbocycles. The van der Waals surface area contributed by atoms with E-state index >= 15 is 0 Å². The molecule has 0 radical (unpaired) electrons. The normalized spacial score (nSPS) is 23.1. The summed E-state index contributed by atoms with van der Waals surface area (Å²) in [6, 6.07) is 0.364. The lowest BCUT2D eigenvalue weighted by atomic mass is 10.2. The minimum absolute atomic E-state index is 0.146. The Hall–Kier alpha value is -0.390. The number of nitrogens with zero attached hydrogens (tertiary/aromatic N) is 1. The Labute approximate surface area is 92.4 Å². The van der Waals surface area contributed by atoms with Gasteiger partial charge in [0.2, 0.25) is 10.0 Å². The van der Waals surface area contributed by atoms with E-state index in [2.05, 4.69) is 16.2 Å². The summed E-state index contributed by atoms with van der Waals surface area (Å²) in [4.78, 5) is 2.20. The lowest BCUT2D eigenvalue weighted by molar-refractivity contribution is 0.311. The summed E-state index contributed by atoms with van der Waals surface area (Å²) in [5, 5.41) is 0. The Balaban J connectivity index is 2.32. The van der Waals surface area contributed by atoms with Gasteiger partial charge in [0.1, 0.15) is 0 Å². The van der Waals surface area contributed by atoms with Crippen LogP contribution >= 0.6 is 0 Å². The van der Waals surface area contributed by atoms with E-state index in [9.17, 15) is 8.42 Å². The molecular formula is C10H20N2O2S. The molecule has 1 saturated heterocycles. The van der Waals surface area contributed by atoms with Gasteiger partial charge in [-0.25, -0.2) is 13.1 Å². The topological polar surface area (TPSA) is 49.4 Å². The second-order valence-electron chi connectivity index (χ2n) is 4.02. The molecule has 0 aromatic heterocycles. The first-order valence-corrected chi connectivity index (χ1v) is 6.99. The monoisotopic (exact) mass is 232 g/mol. The minimum atomic E-state index is -3.10. The lowest BCUT2D eigenvalue weighted by Gasteiger charge is -2.19. The van der Waals surface area contributed by atoms with Crippen LogP contribution in [0.4, 0.5) is 0 Å². The van der Waals surface area contributed by atoms with E-state index in [1.165, 1.54) is 0 Å². The lowest BCUT2D eigenvalue weighted by Crippen LogP contribution is -2.39. The second kappa shape index (κ2) is 5.63. The average Bonchev–Trinajstić information content (AvgIpc) is 2.58. The highest BCUT2D eigenvalue weighted by molar-refractivity contribution is 7.89. The van der Waals surface area contributed by atoms with Crippen LogP contribution in [0.3, 0.4) is 0 Å². The Morgan fingerprint density at radius 2 is 2.33 bits per heavy atom. The van der Waals surface area contributed by atoms with Gasteiger partial charge in [-0.05, 0) is 32.9 Å². The molecule has 0 aromatic rings. The summed E-state index contributed by atoms with van der Waals surface area (Å²) in [6.07, 6.45) is 4.38. The molecule has 1 heterocycles. The summed E-state index contributed by atoms with van der Waals surface area (Å²) < 4.78 is 25.6. The smallest absolute Gasteiger partial charge is 0.211 e. The molecule has 0 aliphatic carbocycles. The molecule has 1 unspecified atom stereocenters. The SMILES string of the molecule is C=CCCS(=O)(=O)NCC1CCCN1C. The third-order valence-electron chi connectivity index (χ3n) is 2.80. The van der Waals surface area contributed by atoms with Crippen molar-refractivity contribution in [1.82, 2.24) is 9.62 Å². The number of sulfonamides is 1. The van der Waals surface area contributed by atoms with Gasteiger partial charge in [0.15, 0.2) is 0 Å². The molecule has 1 N–H and O–H groups in total. The van der Waals surface area contributed by atoms with Crippen LogP contribution in [0.1, 0.15) is 19.3 Å². The molecule has 4 nitrogen and oxygen atoms in total. The Kier molecular flexibility index (Phi) is 4.76. The van der Waals surface area contributed by atoms with Gasteiger partial charge < -0.3 is 4.90 Å². The van der Waals surface area contributed by atoms with Crippen LogP contribution in [-0.4, -0.2) is 45.2 Å². The average molecular weight is 232 g/mol. The molecule has 1 rings (SSSR count). The molecule has 88 valence electrons. The summed E-state index contributed by atoms with van der Waals surface area (Å²) in [5.41, 5.74) is 0. The van der Waals surface area contributed by atoms with Crippen LogP contribution in [0, 0.1) is 0 Å². The fourth-order valence-corrected chi connectivity index (χ4v) is 2.84. The largest absolute Gasteiger partial charge is 0.302 e. The maximum absolute atomic E-state index is 11.5. The first kappa shape index (κ1) is 12.7. The zero-order valence-electron chi connectivity index (χ0n) is 9.28. The summed E-state index contributed by atoms with van der Waals surface area (Å²) in [6.45, 7) is 5.12. The highest BCUT2D eigenvalue weighted by Gasteiger charge is 2.22. The van der Waals surface area contributed by atoms with Crippen molar-refractivity contribution in [3.63, 3.8) is 0 Å². The molecular weight excluding hydrogens is 212 g/mol. The Morgan fingerprint density at radius 1 is 1.60 bits per heavy atom. The fourth-order valence-electron chi connectivity index (χ4n) is 1.77. The second-order valence-corrected chi connectivity index (χ2v) is 5.95. The predicted molar refractivity (Wildman–Crippen MR) is 62.3 cm³/mol. The first-order chi connectivity index (χ1) is 7.05. The predicted octanol–water partition coefficient (Wildman–Crippen LogP) is 0.576.